The van der Waals surface area contributed by atoms with Gasteiger partial charge in [-0.25, -0.2) is 9.45 Å². The Bertz CT molecular complexity index is 1000. The van der Waals surface area contributed by atoms with Gasteiger partial charge in [0.2, 0.25) is 11.8 Å². The van der Waals surface area contributed by atoms with Gasteiger partial charge in [-0.15, -0.1) is 0 Å². The smallest absolute Gasteiger partial charge is 0.255 e. The Hall–Kier alpha value is -1.98. The molecular formula is C26H39FN4O4S2. The van der Waals surface area contributed by atoms with Crippen molar-refractivity contribution in [2.75, 3.05) is 13.6 Å². The van der Waals surface area contributed by atoms with Crippen LogP contribution in [0.25, 0.3) is 0 Å². The highest BCUT2D eigenvalue weighted by Crippen LogP contribution is 2.41. The van der Waals surface area contributed by atoms with E-state index in [2.05, 4.69) is 48.8 Å². The van der Waals surface area contributed by atoms with Gasteiger partial charge in [-0.05, 0) is 51.5 Å². The van der Waals surface area contributed by atoms with Gasteiger partial charge in [0, 0.05) is 35.6 Å². The van der Waals surface area contributed by atoms with E-state index in [0.717, 1.165) is 24.1 Å². The normalized spacial score (nSPS) is 25.3. The molecule has 1 saturated carbocycles. The molecule has 2 aliphatic heterocycles. The number of amides is 3. The van der Waals surface area contributed by atoms with Crippen LogP contribution in [0.4, 0.5) is 4.39 Å². The Morgan fingerprint density at radius 2 is 2.05 bits per heavy atom. The SMILES string of the molecule is CC1=C(C2C=CC(C(C)NC(=O)C3CCCN3C(=O)CC(C)(C)S)=CC2)SON1C.NC(=O)C1(F)CC1. The van der Waals surface area contributed by atoms with Gasteiger partial charge in [-0.1, -0.05) is 32.1 Å². The van der Waals surface area contributed by atoms with Crippen LogP contribution in [0.1, 0.15) is 66.2 Å². The van der Waals surface area contributed by atoms with Gasteiger partial charge in [-0.2, -0.15) is 16.9 Å². The molecule has 0 aromatic carbocycles. The quantitative estimate of drug-likeness (QED) is 0.327. The predicted molar refractivity (Wildman–Crippen MR) is 147 cm³/mol. The van der Waals surface area contributed by atoms with Crippen molar-refractivity contribution < 1.29 is 23.1 Å². The maximum atomic E-state index is 12.9. The number of likely N-dealkylation sites (tertiary alicyclic amines) is 1. The zero-order valence-electron chi connectivity index (χ0n) is 22.3. The lowest BCUT2D eigenvalue weighted by Gasteiger charge is -2.28. The number of hydroxylamine groups is 2. The van der Waals surface area contributed by atoms with E-state index in [0.29, 0.717) is 38.1 Å². The van der Waals surface area contributed by atoms with Crippen molar-refractivity contribution in [2.45, 2.75) is 88.7 Å². The van der Waals surface area contributed by atoms with Gasteiger partial charge in [0.15, 0.2) is 5.67 Å². The first-order chi connectivity index (χ1) is 17.2. The maximum Gasteiger partial charge on any atom is 0.255 e. The number of nitrogens with one attached hydrogen (secondary N) is 1. The molecule has 37 heavy (non-hydrogen) atoms. The average Bonchev–Trinajstić information content (AvgIpc) is 3.24. The molecule has 3 N–H and O–H groups in total. The number of nitrogens with zero attached hydrogens (tertiary/aromatic N) is 2. The number of hydrogen-bond donors (Lipinski definition) is 3. The molecule has 0 radical (unpaired) electrons. The van der Waals surface area contributed by atoms with Crippen LogP contribution in [-0.4, -0.2) is 63.8 Å². The molecule has 3 unspecified atom stereocenters. The summed E-state index contributed by atoms with van der Waals surface area (Å²) in [5.74, 6) is -0.571. The van der Waals surface area contributed by atoms with E-state index in [1.54, 1.807) is 9.96 Å². The van der Waals surface area contributed by atoms with Crippen LogP contribution in [0.2, 0.25) is 0 Å². The molecule has 0 aromatic rings. The molecule has 0 spiro atoms. The van der Waals surface area contributed by atoms with Gasteiger partial charge in [-0.3, -0.25) is 14.4 Å². The summed E-state index contributed by atoms with van der Waals surface area (Å²) >= 11 is 5.89. The monoisotopic (exact) mass is 554 g/mol. The van der Waals surface area contributed by atoms with Crippen molar-refractivity contribution in [3.63, 3.8) is 0 Å². The van der Waals surface area contributed by atoms with Gasteiger partial charge in [0.1, 0.15) is 6.04 Å². The minimum Gasteiger partial charge on any atom is -0.367 e. The molecule has 4 aliphatic rings. The van der Waals surface area contributed by atoms with Crippen LogP contribution in [0.15, 0.2) is 34.4 Å². The summed E-state index contributed by atoms with van der Waals surface area (Å²) in [6, 6.07) is -0.481. The van der Waals surface area contributed by atoms with Crippen LogP contribution >= 0.6 is 24.7 Å². The number of primary amides is 1. The van der Waals surface area contributed by atoms with E-state index in [1.807, 2.05) is 27.8 Å². The Labute approximate surface area is 228 Å². The van der Waals surface area contributed by atoms with Crippen LogP contribution in [0, 0.1) is 5.92 Å². The third-order valence-electron chi connectivity index (χ3n) is 6.98. The predicted octanol–water partition coefficient (Wildman–Crippen LogP) is 3.81. The summed E-state index contributed by atoms with van der Waals surface area (Å²) in [6.07, 6.45) is 9.90. The third kappa shape index (κ3) is 7.77. The first-order valence-corrected chi connectivity index (χ1v) is 13.9. The number of nitrogens with two attached hydrogens (primary N) is 1. The van der Waals surface area contributed by atoms with Gasteiger partial charge < -0.3 is 16.0 Å². The minimum atomic E-state index is -1.61. The Morgan fingerprint density at radius 1 is 1.38 bits per heavy atom. The summed E-state index contributed by atoms with van der Waals surface area (Å²) in [4.78, 5) is 38.4. The second kappa shape index (κ2) is 11.8. The molecule has 11 heteroatoms. The van der Waals surface area contributed by atoms with Crippen molar-refractivity contribution in [3.8, 4) is 0 Å². The number of hydrogen-bond acceptors (Lipinski definition) is 7. The molecule has 1 saturated heterocycles. The van der Waals surface area contributed by atoms with Crippen molar-refractivity contribution in [2.24, 2.45) is 11.7 Å². The van der Waals surface area contributed by atoms with E-state index < -0.39 is 11.6 Å². The van der Waals surface area contributed by atoms with E-state index in [4.69, 9.17) is 4.28 Å². The van der Waals surface area contributed by atoms with Crippen molar-refractivity contribution in [3.05, 3.63) is 34.4 Å². The van der Waals surface area contributed by atoms with Crippen molar-refractivity contribution in [1.29, 1.82) is 0 Å². The lowest BCUT2D eigenvalue weighted by Crippen LogP contribution is -2.49. The second-order valence-electron chi connectivity index (χ2n) is 10.8. The lowest BCUT2D eigenvalue weighted by atomic mass is 9.92. The number of carbonyl (C=O) groups is 3. The highest BCUT2D eigenvalue weighted by molar-refractivity contribution is 7.98. The number of allylic oxidation sites excluding steroid dienone is 4. The highest BCUT2D eigenvalue weighted by Gasteiger charge is 2.49. The zero-order valence-corrected chi connectivity index (χ0v) is 24.0. The van der Waals surface area contributed by atoms with Crippen molar-refractivity contribution in [1.82, 2.24) is 15.3 Å². The maximum absolute atomic E-state index is 12.9. The number of carbonyl (C=O) groups excluding carboxylic acids is 3. The second-order valence-corrected chi connectivity index (χ2v) is 12.8. The number of rotatable bonds is 7. The number of halogens is 1. The van der Waals surface area contributed by atoms with Gasteiger partial charge in [0.05, 0.1) is 23.8 Å². The van der Waals surface area contributed by atoms with E-state index in [1.165, 1.54) is 16.9 Å². The summed E-state index contributed by atoms with van der Waals surface area (Å²) in [5, 5.41) is 4.91. The molecule has 3 amide bonds. The average molecular weight is 555 g/mol. The molecular weight excluding hydrogens is 515 g/mol. The van der Waals surface area contributed by atoms with Gasteiger partial charge >= 0.3 is 0 Å². The van der Waals surface area contributed by atoms with Crippen LogP contribution < -0.4 is 11.1 Å². The molecule has 8 nitrogen and oxygen atoms in total. The largest absolute Gasteiger partial charge is 0.367 e. The van der Waals surface area contributed by atoms with Crippen LogP contribution in [0.3, 0.4) is 0 Å². The van der Waals surface area contributed by atoms with E-state index >= 15 is 0 Å². The molecule has 2 aliphatic carbocycles. The molecule has 3 atom stereocenters. The summed E-state index contributed by atoms with van der Waals surface area (Å²) in [6.45, 7) is 8.54. The van der Waals surface area contributed by atoms with E-state index in [-0.39, 0.29) is 28.6 Å². The summed E-state index contributed by atoms with van der Waals surface area (Å²) in [7, 11) is 1.91. The van der Waals surface area contributed by atoms with Crippen LogP contribution in [0.5, 0.6) is 0 Å². The molecule has 4 rings (SSSR count). The molecule has 0 aromatic heterocycles. The standard InChI is InChI=1S/C22H33N3O3S2.C4H6FNO/c1-14(16-8-10-17(11-9-16)20-15(2)24(5)28-30-20)23-21(27)18-7-6-12-25(18)19(26)13-22(3,4)29;5-4(1-2-4)3(6)7/h8-10,14,17-18,29H,6-7,11-13H2,1-5H3,(H,23,27);1-2H2,(H2,6,7). The first kappa shape index (κ1) is 29.6. The number of alkyl halides is 1. The van der Waals surface area contributed by atoms with Gasteiger partial charge in [0.25, 0.3) is 5.91 Å². The fraction of sp³-hybridized carbons (Fsp3) is 0.654. The molecule has 0 bridgehead atoms. The summed E-state index contributed by atoms with van der Waals surface area (Å²) < 4.78 is 17.3. The Kier molecular flexibility index (Phi) is 9.45. The fourth-order valence-electron chi connectivity index (χ4n) is 4.41. The minimum absolute atomic E-state index is 0.00446. The number of thiol groups is 1. The Balaban J connectivity index is 0.000000468. The first-order valence-electron chi connectivity index (χ1n) is 12.7. The molecule has 206 valence electrons. The topological polar surface area (TPSA) is 105 Å². The highest BCUT2D eigenvalue weighted by atomic mass is 32.2. The van der Waals surface area contributed by atoms with Crippen LogP contribution in [-0.2, 0) is 18.7 Å². The fourth-order valence-corrected chi connectivity index (χ4v) is 5.40. The molecule has 2 heterocycles. The van der Waals surface area contributed by atoms with Crippen molar-refractivity contribution >= 4 is 42.4 Å². The molecule has 2 fully saturated rings. The Morgan fingerprint density at radius 3 is 2.51 bits per heavy atom. The third-order valence-corrected chi connectivity index (χ3v) is 8.22. The summed E-state index contributed by atoms with van der Waals surface area (Å²) in [5.41, 5.74) is 5.25. The van der Waals surface area contributed by atoms with E-state index in [9.17, 15) is 18.8 Å². The lowest BCUT2D eigenvalue weighted by molar-refractivity contribution is -0.138. The zero-order chi connectivity index (χ0) is 27.5.